The van der Waals surface area contributed by atoms with Crippen molar-refractivity contribution in [2.45, 2.75) is 6.92 Å². The lowest BCUT2D eigenvalue weighted by Gasteiger charge is -2.23. The van der Waals surface area contributed by atoms with Crippen molar-refractivity contribution in [3.63, 3.8) is 0 Å². The Hall–Kier alpha value is -1.55. The summed E-state index contributed by atoms with van der Waals surface area (Å²) in [5.74, 6) is 0.760. The third-order valence-corrected chi connectivity index (χ3v) is 2.21. The number of ether oxygens (including phenoxy) is 1. The van der Waals surface area contributed by atoms with Gasteiger partial charge in [-0.15, -0.1) is 0 Å². The number of carbonyl (C=O) groups excluding carboxylic acids is 1. The van der Waals surface area contributed by atoms with Crippen molar-refractivity contribution in [1.82, 2.24) is 0 Å². The van der Waals surface area contributed by atoms with E-state index in [1.54, 1.807) is 0 Å². The molecule has 0 aromatic heterocycles. The monoisotopic (exact) mass is 237 g/mol. The van der Waals surface area contributed by atoms with E-state index in [1.807, 2.05) is 24.3 Å². The summed E-state index contributed by atoms with van der Waals surface area (Å²) in [4.78, 5) is 10.8. The molecular formula is C13H21N2O2+. The zero-order chi connectivity index (χ0) is 12.9. The average Bonchev–Trinajstić information content (AvgIpc) is 2.18. The van der Waals surface area contributed by atoms with Crippen LogP contribution in [-0.4, -0.2) is 44.7 Å². The van der Waals surface area contributed by atoms with Gasteiger partial charge in [-0.3, -0.25) is 4.79 Å². The highest BCUT2D eigenvalue weighted by Gasteiger charge is 2.06. The predicted octanol–water partition coefficient (Wildman–Crippen LogP) is 1.73. The predicted molar refractivity (Wildman–Crippen MR) is 69.1 cm³/mol. The molecule has 0 saturated heterocycles. The number of likely N-dealkylation sites (N-methyl/N-ethyl adjacent to an activating group) is 1. The highest BCUT2D eigenvalue weighted by molar-refractivity contribution is 5.88. The zero-order valence-electron chi connectivity index (χ0n) is 11.0. The Morgan fingerprint density at radius 3 is 2.29 bits per heavy atom. The molecule has 17 heavy (non-hydrogen) atoms. The SMILES string of the molecule is CC(=O)Nc1ccc(OCC[N+](C)(C)C)cc1. The highest BCUT2D eigenvalue weighted by atomic mass is 16.5. The van der Waals surface area contributed by atoms with Gasteiger partial charge in [0.1, 0.15) is 18.9 Å². The molecule has 1 amide bonds. The van der Waals surface area contributed by atoms with Crippen molar-refractivity contribution in [1.29, 1.82) is 0 Å². The Bertz CT molecular complexity index is 366. The van der Waals surface area contributed by atoms with Crippen molar-refractivity contribution < 1.29 is 14.0 Å². The smallest absolute Gasteiger partial charge is 0.221 e. The number of hydrogen-bond acceptors (Lipinski definition) is 2. The Labute approximate surface area is 103 Å². The van der Waals surface area contributed by atoms with Crippen LogP contribution in [0.3, 0.4) is 0 Å². The molecule has 0 aliphatic heterocycles. The van der Waals surface area contributed by atoms with E-state index in [9.17, 15) is 4.79 Å². The van der Waals surface area contributed by atoms with Gasteiger partial charge in [0.05, 0.1) is 21.1 Å². The molecule has 0 unspecified atom stereocenters. The third kappa shape index (κ3) is 5.92. The summed E-state index contributed by atoms with van der Waals surface area (Å²) in [6, 6.07) is 7.40. The van der Waals surface area contributed by atoms with Crippen LogP contribution in [0, 0.1) is 0 Å². The van der Waals surface area contributed by atoms with E-state index in [-0.39, 0.29) is 5.91 Å². The van der Waals surface area contributed by atoms with E-state index in [4.69, 9.17) is 4.74 Å². The number of anilines is 1. The van der Waals surface area contributed by atoms with Gasteiger partial charge in [-0.2, -0.15) is 0 Å². The Balaban J connectivity index is 2.43. The lowest BCUT2D eigenvalue weighted by Crippen LogP contribution is -2.38. The fourth-order valence-corrected chi connectivity index (χ4v) is 1.28. The first-order chi connectivity index (χ1) is 7.87. The molecule has 0 bridgehead atoms. The van der Waals surface area contributed by atoms with Gasteiger partial charge in [0.15, 0.2) is 0 Å². The maximum Gasteiger partial charge on any atom is 0.221 e. The first-order valence-electron chi connectivity index (χ1n) is 5.68. The van der Waals surface area contributed by atoms with E-state index in [0.29, 0.717) is 6.61 Å². The molecule has 94 valence electrons. The van der Waals surface area contributed by atoms with Crippen LogP contribution in [0.25, 0.3) is 0 Å². The zero-order valence-corrected chi connectivity index (χ0v) is 11.0. The lowest BCUT2D eigenvalue weighted by atomic mass is 10.3. The van der Waals surface area contributed by atoms with E-state index in [0.717, 1.165) is 22.5 Å². The lowest BCUT2D eigenvalue weighted by molar-refractivity contribution is -0.870. The first-order valence-corrected chi connectivity index (χ1v) is 5.68. The highest BCUT2D eigenvalue weighted by Crippen LogP contribution is 2.15. The number of carbonyl (C=O) groups is 1. The van der Waals surface area contributed by atoms with E-state index in [1.165, 1.54) is 6.92 Å². The van der Waals surface area contributed by atoms with E-state index >= 15 is 0 Å². The number of hydrogen-bond donors (Lipinski definition) is 1. The normalized spacial score (nSPS) is 11.1. The molecule has 4 nitrogen and oxygen atoms in total. The van der Waals surface area contributed by atoms with Crippen molar-refractivity contribution in [2.24, 2.45) is 0 Å². The van der Waals surface area contributed by atoms with E-state index < -0.39 is 0 Å². The largest absolute Gasteiger partial charge is 0.488 e. The fourth-order valence-electron chi connectivity index (χ4n) is 1.28. The minimum atomic E-state index is -0.0660. The van der Waals surface area contributed by atoms with Crippen LogP contribution in [-0.2, 0) is 4.79 Å². The fraction of sp³-hybridized carbons (Fsp3) is 0.462. The van der Waals surface area contributed by atoms with Crippen molar-refractivity contribution in [3.05, 3.63) is 24.3 Å². The first kappa shape index (κ1) is 13.5. The van der Waals surface area contributed by atoms with Crippen LogP contribution >= 0.6 is 0 Å². The third-order valence-electron chi connectivity index (χ3n) is 2.21. The summed E-state index contributed by atoms with van der Waals surface area (Å²) in [6.45, 7) is 3.13. The average molecular weight is 237 g/mol. The quantitative estimate of drug-likeness (QED) is 0.792. The van der Waals surface area contributed by atoms with Crippen molar-refractivity contribution >= 4 is 11.6 Å². The number of nitrogens with one attached hydrogen (secondary N) is 1. The number of nitrogens with zero attached hydrogens (tertiary/aromatic N) is 1. The molecule has 0 radical (unpaired) electrons. The van der Waals surface area contributed by atoms with Crippen LogP contribution in [0.5, 0.6) is 5.75 Å². The molecule has 0 aliphatic carbocycles. The van der Waals surface area contributed by atoms with Gasteiger partial charge in [0, 0.05) is 12.6 Å². The van der Waals surface area contributed by atoms with Crippen molar-refractivity contribution in [2.75, 3.05) is 39.6 Å². The molecule has 0 saturated carbocycles. The van der Waals surface area contributed by atoms with Gasteiger partial charge in [-0.25, -0.2) is 0 Å². The minimum Gasteiger partial charge on any atom is -0.488 e. The molecular weight excluding hydrogens is 216 g/mol. The molecule has 0 aliphatic rings. The van der Waals surface area contributed by atoms with Gasteiger partial charge in [-0.1, -0.05) is 0 Å². The standard InChI is InChI=1S/C13H20N2O2/c1-11(16)14-12-5-7-13(8-6-12)17-10-9-15(2,3)4/h5-8H,9-10H2,1-4H3/p+1. The maximum absolute atomic E-state index is 10.8. The van der Waals surface area contributed by atoms with Crippen molar-refractivity contribution in [3.8, 4) is 5.75 Å². The number of quaternary nitrogens is 1. The van der Waals surface area contributed by atoms with Gasteiger partial charge in [0.2, 0.25) is 5.91 Å². The molecule has 1 aromatic rings. The summed E-state index contributed by atoms with van der Waals surface area (Å²) in [6.07, 6.45) is 0. The summed E-state index contributed by atoms with van der Waals surface area (Å²) in [5, 5.41) is 2.71. The second-order valence-electron chi connectivity index (χ2n) is 5.07. The topological polar surface area (TPSA) is 38.3 Å². The number of amides is 1. The summed E-state index contributed by atoms with van der Waals surface area (Å²) < 4.78 is 6.49. The second-order valence-corrected chi connectivity index (χ2v) is 5.07. The van der Waals surface area contributed by atoms with Crippen LogP contribution in [0.1, 0.15) is 6.92 Å². The summed E-state index contributed by atoms with van der Waals surface area (Å²) >= 11 is 0. The Morgan fingerprint density at radius 1 is 1.24 bits per heavy atom. The molecule has 0 spiro atoms. The molecule has 1 rings (SSSR count). The Morgan fingerprint density at radius 2 is 1.82 bits per heavy atom. The van der Waals surface area contributed by atoms with Gasteiger partial charge < -0.3 is 14.5 Å². The van der Waals surface area contributed by atoms with Crippen LogP contribution in [0.4, 0.5) is 5.69 Å². The molecule has 0 atom stereocenters. The van der Waals surface area contributed by atoms with Crippen LogP contribution in [0.15, 0.2) is 24.3 Å². The second kappa shape index (κ2) is 5.68. The number of rotatable bonds is 5. The van der Waals surface area contributed by atoms with Crippen LogP contribution in [0.2, 0.25) is 0 Å². The van der Waals surface area contributed by atoms with Crippen LogP contribution < -0.4 is 10.1 Å². The maximum atomic E-state index is 10.8. The summed E-state index contributed by atoms with van der Waals surface area (Å²) in [7, 11) is 6.38. The van der Waals surface area contributed by atoms with Gasteiger partial charge >= 0.3 is 0 Å². The molecule has 1 N–H and O–H groups in total. The number of benzene rings is 1. The van der Waals surface area contributed by atoms with E-state index in [2.05, 4.69) is 26.5 Å². The molecule has 4 heteroatoms. The molecule has 0 heterocycles. The summed E-state index contributed by atoms with van der Waals surface area (Å²) in [5.41, 5.74) is 0.788. The molecule has 1 aromatic carbocycles. The van der Waals surface area contributed by atoms with Gasteiger partial charge in [0.25, 0.3) is 0 Å². The van der Waals surface area contributed by atoms with Gasteiger partial charge in [-0.05, 0) is 24.3 Å². The minimum absolute atomic E-state index is 0.0660. The molecule has 0 fully saturated rings. The Kier molecular flexibility index (Phi) is 4.52.